The van der Waals surface area contributed by atoms with E-state index < -0.39 is 5.60 Å². The van der Waals surface area contributed by atoms with Crippen LogP contribution < -0.4 is 0 Å². The molecule has 0 spiro atoms. The Morgan fingerprint density at radius 3 is 2.57 bits per heavy atom. The molecule has 2 aliphatic rings. The van der Waals surface area contributed by atoms with Crippen molar-refractivity contribution in [2.45, 2.75) is 65.4 Å². The van der Waals surface area contributed by atoms with Gasteiger partial charge in [0, 0.05) is 13.1 Å². The van der Waals surface area contributed by atoms with Gasteiger partial charge in [0.2, 0.25) is 0 Å². The van der Waals surface area contributed by atoms with Crippen molar-refractivity contribution in [1.29, 1.82) is 0 Å². The molecule has 2 aromatic carbocycles. The molecule has 1 heterocycles. The molecular weight excluding hydrogens is 370 g/mol. The molecule has 0 radical (unpaired) electrons. The van der Waals surface area contributed by atoms with Crippen LogP contribution >= 0.6 is 0 Å². The summed E-state index contributed by atoms with van der Waals surface area (Å²) in [7, 11) is 0. The van der Waals surface area contributed by atoms with E-state index in [2.05, 4.69) is 56.3 Å². The number of aryl methyl sites for hydroxylation is 2. The van der Waals surface area contributed by atoms with Crippen LogP contribution in [0.4, 0.5) is 4.79 Å². The summed E-state index contributed by atoms with van der Waals surface area (Å²) >= 11 is 0. The van der Waals surface area contributed by atoms with Gasteiger partial charge in [-0.25, -0.2) is 4.79 Å². The van der Waals surface area contributed by atoms with Crippen LogP contribution in [0.5, 0.6) is 0 Å². The van der Waals surface area contributed by atoms with Gasteiger partial charge in [0.25, 0.3) is 0 Å². The lowest BCUT2D eigenvalue weighted by atomic mass is 9.88. The zero-order valence-electron chi connectivity index (χ0n) is 18.9. The van der Waals surface area contributed by atoms with Gasteiger partial charge in [0.05, 0.1) is 0 Å². The number of hydrogen-bond acceptors (Lipinski definition) is 2. The first-order chi connectivity index (χ1) is 14.3. The molecule has 1 aliphatic heterocycles. The lowest BCUT2D eigenvalue weighted by Crippen LogP contribution is -2.35. The van der Waals surface area contributed by atoms with Crippen LogP contribution in [-0.4, -0.2) is 29.7 Å². The molecule has 0 saturated heterocycles. The molecule has 2 aromatic rings. The smallest absolute Gasteiger partial charge is 0.410 e. The molecule has 1 saturated carbocycles. The summed E-state index contributed by atoms with van der Waals surface area (Å²) in [5.74, 6) is 0.728. The Labute approximate surface area is 180 Å². The molecule has 1 amide bonds. The molecule has 158 valence electrons. The lowest BCUT2D eigenvalue weighted by Gasteiger charge is -2.25. The first-order valence-corrected chi connectivity index (χ1v) is 11.2. The Kier molecular flexibility index (Phi) is 5.48. The number of amides is 1. The van der Waals surface area contributed by atoms with Crippen LogP contribution in [0.15, 0.2) is 42.5 Å². The number of carbonyl (C=O) groups excluding carboxylic acids is 1. The molecule has 0 bridgehead atoms. The first-order valence-electron chi connectivity index (χ1n) is 11.2. The van der Waals surface area contributed by atoms with E-state index in [0.717, 1.165) is 12.3 Å². The molecular formula is C27H33NO2. The predicted molar refractivity (Wildman–Crippen MR) is 124 cm³/mol. The van der Waals surface area contributed by atoms with E-state index in [1.807, 2.05) is 20.8 Å². The number of carbonyl (C=O) groups is 1. The highest BCUT2D eigenvalue weighted by Gasteiger charge is 2.28. The molecule has 1 fully saturated rings. The van der Waals surface area contributed by atoms with Crippen molar-refractivity contribution >= 4 is 11.7 Å². The summed E-state index contributed by atoms with van der Waals surface area (Å²) in [6.45, 7) is 11.4. The Balaban J connectivity index is 1.62. The van der Waals surface area contributed by atoms with Crippen molar-refractivity contribution in [3.05, 3.63) is 64.7 Å². The fourth-order valence-corrected chi connectivity index (χ4v) is 4.47. The van der Waals surface area contributed by atoms with Crippen LogP contribution in [0.1, 0.15) is 68.7 Å². The largest absolute Gasteiger partial charge is 0.444 e. The fourth-order valence-electron chi connectivity index (χ4n) is 4.47. The van der Waals surface area contributed by atoms with Gasteiger partial charge in [-0.2, -0.15) is 0 Å². The minimum atomic E-state index is -0.471. The highest BCUT2D eigenvalue weighted by atomic mass is 16.6. The Bertz CT molecular complexity index is 992. The van der Waals surface area contributed by atoms with Crippen molar-refractivity contribution < 1.29 is 9.53 Å². The highest BCUT2D eigenvalue weighted by Crippen LogP contribution is 2.45. The van der Waals surface area contributed by atoms with Gasteiger partial charge >= 0.3 is 6.09 Å². The van der Waals surface area contributed by atoms with Crippen molar-refractivity contribution in [3.63, 3.8) is 0 Å². The van der Waals surface area contributed by atoms with Gasteiger partial charge in [-0.15, -0.1) is 0 Å². The monoisotopic (exact) mass is 403 g/mol. The van der Waals surface area contributed by atoms with Crippen LogP contribution in [0.3, 0.4) is 0 Å². The van der Waals surface area contributed by atoms with Crippen molar-refractivity contribution in [2.75, 3.05) is 13.1 Å². The Morgan fingerprint density at radius 1 is 1.17 bits per heavy atom. The van der Waals surface area contributed by atoms with Crippen LogP contribution in [-0.2, 0) is 11.2 Å². The van der Waals surface area contributed by atoms with Gasteiger partial charge in [-0.3, -0.25) is 0 Å². The van der Waals surface area contributed by atoms with E-state index in [4.69, 9.17) is 4.74 Å². The summed E-state index contributed by atoms with van der Waals surface area (Å²) < 4.78 is 5.56. The molecule has 4 rings (SSSR count). The van der Waals surface area contributed by atoms with Gasteiger partial charge < -0.3 is 9.64 Å². The fraction of sp³-hybridized carbons (Fsp3) is 0.444. The minimum Gasteiger partial charge on any atom is -0.444 e. The van der Waals surface area contributed by atoms with Crippen molar-refractivity contribution in [1.82, 2.24) is 4.90 Å². The van der Waals surface area contributed by atoms with Gasteiger partial charge in [-0.05, 0) is 91.8 Å². The zero-order valence-corrected chi connectivity index (χ0v) is 18.9. The zero-order chi connectivity index (χ0) is 21.5. The number of hydrogen-bond donors (Lipinski definition) is 0. The summed E-state index contributed by atoms with van der Waals surface area (Å²) in [4.78, 5) is 14.3. The van der Waals surface area contributed by atoms with Crippen molar-refractivity contribution in [2.24, 2.45) is 0 Å². The SMILES string of the molecule is CCc1cc(-c2ccccc2C2CC2)cc(C)c1C1=CCN(C(=O)OC(C)(C)C)C1. The third-order valence-corrected chi connectivity index (χ3v) is 5.98. The third-order valence-electron chi connectivity index (χ3n) is 5.98. The standard InChI is InChI=1S/C27H33NO2/c1-6-19-16-22(24-10-8-7-9-23(24)20-11-12-20)15-18(2)25(19)21-13-14-28(17-21)26(29)30-27(3,4)5/h7-10,13,15-16,20H,6,11-12,14,17H2,1-5H3. The maximum Gasteiger partial charge on any atom is 0.410 e. The normalized spacial score (nSPS) is 16.6. The summed E-state index contributed by atoms with van der Waals surface area (Å²) in [6, 6.07) is 13.6. The average molecular weight is 404 g/mol. The molecule has 3 heteroatoms. The van der Waals surface area contributed by atoms with E-state index in [-0.39, 0.29) is 6.09 Å². The van der Waals surface area contributed by atoms with Gasteiger partial charge in [0.15, 0.2) is 0 Å². The maximum atomic E-state index is 12.5. The van der Waals surface area contributed by atoms with Crippen LogP contribution in [0.2, 0.25) is 0 Å². The average Bonchev–Trinajstić information content (AvgIpc) is 3.42. The number of benzene rings is 2. The van der Waals surface area contributed by atoms with Crippen LogP contribution in [0.25, 0.3) is 16.7 Å². The number of nitrogens with zero attached hydrogens (tertiary/aromatic N) is 1. The van der Waals surface area contributed by atoms with Gasteiger partial charge in [0.1, 0.15) is 5.60 Å². The predicted octanol–water partition coefficient (Wildman–Crippen LogP) is 6.74. The highest BCUT2D eigenvalue weighted by molar-refractivity contribution is 5.82. The van der Waals surface area contributed by atoms with Gasteiger partial charge in [-0.1, -0.05) is 49.4 Å². The summed E-state index contributed by atoms with van der Waals surface area (Å²) in [5, 5.41) is 0. The first kappa shape index (κ1) is 20.7. The molecule has 3 nitrogen and oxygen atoms in total. The molecule has 1 aliphatic carbocycles. The van der Waals surface area contributed by atoms with E-state index in [9.17, 15) is 4.79 Å². The molecule has 0 unspecified atom stereocenters. The summed E-state index contributed by atoms with van der Waals surface area (Å²) in [5.41, 5.74) is 8.88. The molecule has 30 heavy (non-hydrogen) atoms. The molecule has 0 N–H and O–H groups in total. The maximum absolute atomic E-state index is 12.5. The Morgan fingerprint density at radius 2 is 1.90 bits per heavy atom. The summed E-state index contributed by atoms with van der Waals surface area (Å²) in [6.07, 6.45) is 5.53. The molecule has 0 atom stereocenters. The number of rotatable bonds is 4. The second-order valence-corrected chi connectivity index (χ2v) is 9.63. The van der Waals surface area contributed by atoms with E-state index >= 15 is 0 Å². The second-order valence-electron chi connectivity index (χ2n) is 9.63. The number of ether oxygens (including phenoxy) is 1. The Hall–Kier alpha value is -2.55. The second kappa shape index (κ2) is 7.94. The van der Waals surface area contributed by atoms with E-state index in [1.54, 1.807) is 4.90 Å². The molecule has 0 aromatic heterocycles. The third kappa shape index (κ3) is 4.30. The lowest BCUT2D eigenvalue weighted by molar-refractivity contribution is 0.0306. The quantitative estimate of drug-likeness (QED) is 0.566. The van der Waals surface area contributed by atoms with Crippen LogP contribution in [0, 0.1) is 6.92 Å². The minimum absolute atomic E-state index is 0.237. The van der Waals surface area contributed by atoms with E-state index in [0.29, 0.717) is 13.1 Å². The van der Waals surface area contributed by atoms with Crippen molar-refractivity contribution in [3.8, 4) is 11.1 Å². The van der Waals surface area contributed by atoms with E-state index in [1.165, 1.54) is 51.8 Å². The topological polar surface area (TPSA) is 29.5 Å².